The number of hydrogen-bond acceptors (Lipinski definition) is 13. The molecular formula is C29H28O13. The van der Waals surface area contributed by atoms with Gasteiger partial charge in [0.15, 0.2) is 11.5 Å². The third-order valence-electron chi connectivity index (χ3n) is 6.04. The third kappa shape index (κ3) is 6.86. The molecule has 2 heterocycles. The van der Waals surface area contributed by atoms with E-state index in [1.807, 2.05) is 0 Å². The summed E-state index contributed by atoms with van der Waals surface area (Å²) in [4.78, 5) is 60.8. The average Bonchev–Trinajstić information content (AvgIpc) is 2.92. The molecule has 3 aromatic rings. The number of methoxy groups -OCH3 is 1. The zero-order chi connectivity index (χ0) is 30.6. The first kappa shape index (κ1) is 30.1. The van der Waals surface area contributed by atoms with E-state index in [0.29, 0.717) is 16.9 Å². The molecule has 0 saturated carbocycles. The van der Waals surface area contributed by atoms with E-state index in [4.69, 9.17) is 37.6 Å². The van der Waals surface area contributed by atoms with Gasteiger partial charge in [-0.25, -0.2) is 0 Å². The maximum absolute atomic E-state index is 13.2. The van der Waals surface area contributed by atoms with Gasteiger partial charge in [-0.1, -0.05) is 12.1 Å². The molecule has 0 spiro atoms. The molecule has 1 fully saturated rings. The summed E-state index contributed by atoms with van der Waals surface area (Å²) in [6.45, 7) is 4.37. The van der Waals surface area contributed by atoms with Crippen molar-refractivity contribution >= 4 is 34.8 Å². The van der Waals surface area contributed by atoms with Crippen LogP contribution < -0.4 is 14.9 Å². The van der Waals surface area contributed by atoms with Crippen molar-refractivity contribution < 1.29 is 56.8 Å². The highest BCUT2D eigenvalue weighted by Gasteiger charge is 2.54. The first-order chi connectivity index (χ1) is 20.0. The van der Waals surface area contributed by atoms with Gasteiger partial charge in [-0.15, -0.1) is 0 Å². The van der Waals surface area contributed by atoms with E-state index in [1.54, 1.807) is 24.3 Å². The Balaban J connectivity index is 1.69. The Hall–Kier alpha value is -4.91. The molecule has 0 amide bonds. The number of carbonyl (C=O) groups excluding carboxylic acids is 4. The molecule has 1 saturated heterocycles. The lowest BCUT2D eigenvalue weighted by atomic mass is 10.0. The minimum atomic E-state index is -1.60. The number of benzene rings is 2. The van der Waals surface area contributed by atoms with Crippen LogP contribution in [0.5, 0.6) is 11.5 Å². The number of rotatable bonds is 8. The van der Waals surface area contributed by atoms with Crippen molar-refractivity contribution in [1.29, 1.82) is 0 Å². The average molecular weight is 585 g/mol. The van der Waals surface area contributed by atoms with Gasteiger partial charge in [0.25, 0.3) is 0 Å². The molecule has 222 valence electrons. The predicted octanol–water partition coefficient (Wildman–Crippen LogP) is 2.89. The molecule has 1 aliphatic rings. The smallest absolute Gasteiger partial charge is 0.305 e. The van der Waals surface area contributed by atoms with Crippen LogP contribution in [0.3, 0.4) is 0 Å². The van der Waals surface area contributed by atoms with E-state index in [1.165, 1.54) is 31.6 Å². The molecule has 0 radical (unpaired) electrons. The van der Waals surface area contributed by atoms with E-state index in [2.05, 4.69) is 0 Å². The SMILES string of the molecule is COc1ccc(-c2coc3cc(OC4OC(OC(C)=O)C(OC(C)=O)C(OC(C)=O)C4OC(C)=O)ccc3c2=O)cc1. The van der Waals surface area contributed by atoms with Gasteiger partial charge in [0.2, 0.25) is 24.8 Å². The van der Waals surface area contributed by atoms with Crippen molar-refractivity contribution in [2.45, 2.75) is 58.6 Å². The molecule has 5 unspecified atom stereocenters. The summed E-state index contributed by atoms with van der Waals surface area (Å²) in [7, 11) is 1.54. The molecule has 1 aromatic heterocycles. The Kier molecular flexibility index (Phi) is 9.11. The quantitative estimate of drug-likeness (QED) is 0.281. The van der Waals surface area contributed by atoms with Crippen LogP contribution in [0.4, 0.5) is 0 Å². The molecule has 1 aliphatic heterocycles. The zero-order valence-corrected chi connectivity index (χ0v) is 23.3. The standard InChI is InChI=1S/C29H28O13/c1-14(30)37-25-26(38-15(2)31)28(40-17(4)33)42-29(27(25)39-16(3)32)41-20-10-11-21-23(12-20)36-13-22(24(21)34)18-6-8-19(35-5)9-7-18/h6-13,25-29H,1-5H3. The van der Waals surface area contributed by atoms with E-state index in [-0.39, 0.29) is 22.1 Å². The molecule has 42 heavy (non-hydrogen) atoms. The fraction of sp³-hybridized carbons (Fsp3) is 0.345. The highest BCUT2D eigenvalue weighted by molar-refractivity contribution is 5.82. The van der Waals surface area contributed by atoms with Crippen molar-refractivity contribution in [3.05, 3.63) is 59.0 Å². The molecule has 5 atom stereocenters. The first-order valence-electron chi connectivity index (χ1n) is 12.7. The highest BCUT2D eigenvalue weighted by Crippen LogP contribution is 2.32. The van der Waals surface area contributed by atoms with Crippen LogP contribution in [0.15, 0.2) is 57.9 Å². The normalized spacial score (nSPS) is 21.6. The lowest BCUT2D eigenvalue weighted by Gasteiger charge is -2.43. The number of ether oxygens (including phenoxy) is 7. The van der Waals surface area contributed by atoms with Crippen LogP contribution in [0.25, 0.3) is 22.1 Å². The topological polar surface area (TPSA) is 163 Å². The van der Waals surface area contributed by atoms with Crippen LogP contribution in [0.2, 0.25) is 0 Å². The van der Waals surface area contributed by atoms with Crippen molar-refractivity contribution in [2.75, 3.05) is 7.11 Å². The summed E-state index contributed by atoms with van der Waals surface area (Å²) in [5, 5.41) is 0.252. The molecule has 2 aromatic carbocycles. The Morgan fingerprint density at radius 2 is 1.24 bits per heavy atom. The Morgan fingerprint density at radius 1 is 0.690 bits per heavy atom. The lowest BCUT2D eigenvalue weighted by Crippen LogP contribution is -2.63. The first-order valence-corrected chi connectivity index (χ1v) is 12.7. The maximum Gasteiger partial charge on any atom is 0.305 e. The van der Waals surface area contributed by atoms with Crippen molar-refractivity contribution in [3.8, 4) is 22.6 Å². The summed E-state index contributed by atoms with van der Waals surface area (Å²) in [5.74, 6) is -2.48. The van der Waals surface area contributed by atoms with E-state index >= 15 is 0 Å². The monoisotopic (exact) mass is 584 g/mol. The van der Waals surface area contributed by atoms with Crippen LogP contribution in [0.1, 0.15) is 27.7 Å². The molecule has 13 nitrogen and oxygen atoms in total. The van der Waals surface area contributed by atoms with E-state index in [0.717, 1.165) is 27.7 Å². The van der Waals surface area contributed by atoms with Crippen molar-refractivity contribution in [3.63, 3.8) is 0 Å². The molecule has 13 heteroatoms. The summed E-state index contributed by atoms with van der Waals surface area (Å²) >= 11 is 0. The predicted molar refractivity (Wildman–Crippen MR) is 142 cm³/mol. The van der Waals surface area contributed by atoms with Gasteiger partial charge in [-0.2, -0.15) is 0 Å². The van der Waals surface area contributed by atoms with Gasteiger partial charge >= 0.3 is 23.9 Å². The number of fused-ring (bicyclic) bond motifs is 1. The number of carbonyl (C=O) groups is 4. The zero-order valence-electron chi connectivity index (χ0n) is 23.3. The van der Waals surface area contributed by atoms with E-state index < -0.39 is 54.8 Å². The molecule has 0 N–H and O–H groups in total. The van der Waals surface area contributed by atoms with Gasteiger partial charge in [0, 0.05) is 33.8 Å². The Bertz CT molecular complexity index is 1540. The van der Waals surface area contributed by atoms with E-state index in [9.17, 15) is 24.0 Å². The molecular weight excluding hydrogens is 556 g/mol. The van der Waals surface area contributed by atoms with Crippen LogP contribution in [-0.2, 0) is 42.9 Å². The second-order valence-electron chi connectivity index (χ2n) is 9.19. The van der Waals surface area contributed by atoms with Crippen molar-refractivity contribution in [2.24, 2.45) is 0 Å². The summed E-state index contributed by atoms with van der Waals surface area (Å²) in [6.07, 6.45) is -6.26. The Morgan fingerprint density at radius 3 is 1.81 bits per heavy atom. The van der Waals surface area contributed by atoms with Gasteiger partial charge in [0.1, 0.15) is 23.3 Å². The fourth-order valence-electron chi connectivity index (χ4n) is 4.38. The number of hydrogen-bond donors (Lipinski definition) is 0. The molecule has 4 rings (SSSR count). The minimum Gasteiger partial charge on any atom is -0.497 e. The molecule has 0 aliphatic carbocycles. The van der Waals surface area contributed by atoms with Gasteiger partial charge < -0.3 is 32.8 Å². The second-order valence-corrected chi connectivity index (χ2v) is 9.19. The van der Waals surface area contributed by atoms with Gasteiger partial charge in [-0.05, 0) is 29.8 Å². The van der Waals surface area contributed by atoms with Crippen molar-refractivity contribution in [1.82, 2.24) is 0 Å². The highest BCUT2D eigenvalue weighted by atomic mass is 16.8. The van der Waals surface area contributed by atoms with Crippen LogP contribution in [-0.4, -0.2) is 61.9 Å². The summed E-state index contributed by atoms with van der Waals surface area (Å²) in [5.41, 5.74) is 0.825. The van der Waals surface area contributed by atoms with Gasteiger partial charge in [-0.3, -0.25) is 28.7 Å². The largest absolute Gasteiger partial charge is 0.497 e. The summed E-state index contributed by atoms with van der Waals surface area (Å²) in [6, 6.07) is 11.2. The maximum atomic E-state index is 13.2. The second kappa shape index (κ2) is 12.7. The third-order valence-corrected chi connectivity index (χ3v) is 6.04. The fourth-order valence-corrected chi connectivity index (χ4v) is 4.38. The van der Waals surface area contributed by atoms with Gasteiger partial charge in [0.05, 0.1) is 18.1 Å². The Labute approximate surface area is 239 Å². The van der Waals surface area contributed by atoms with Crippen LogP contribution in [0, 0.1) is 0 Å². The van der Waals surface area contributed by atoms with Crippen LogP contribution >= 0.6 is 0 Å². The lowest BCUT2D eigenvalue weighted by molar-refractivity contribution is -0.328. The molecule has 0 bridgehead atoms. The minimum absolute atomic E-state index is 0.0964. The number of esters is 4. The summed E-state index contributed by atoms with van der Waals surface area (Å²) < 4.78 is 43.7.